The number of benzene rings is 1. The molecule has 0 N–H and O–H groups in total. The van der Waals surface area contributed by atoms with Crippen LogP contribution in [-0.2, 0) is 29.5 Å². The van der Waals surface area contributed by atoms with Crippen LogP contribution in [0, 0.1) is 13.8 Å². The smallest absolute Gasteiger partial charge is 0.251 e. The molecule has 3 rings (SSSR count). The Morgan fingerprint density at radius 1 is 1.03 bits per heavy atom. The highest BCUT2D eigenvalue weighted by atomic mass is 32.2. The van der Waals surface area contributed by atoms with Crippen molar-refractivity contribution >= 4 is 15.8 Å². The second-order valence-electron chi connectivity index (χ2n) is 7.71. The van der Waals surface area contributed by atoms with Crippen LogP contribution in [0.1, 0.15) is 27.3 Å². The molecule has 0 saturated heterocycles. The van der Waals surface area contributed by atoms with Gasteiger partial charge in [0, 0.05) is 49.9 Å². The zero-order chi connectivity index (χ0) is 22.8. The molecule has 8 heteroatoms. The van der Waals surface area contributed by atoms with Crippen LogP contribution in [0.3, 0.4) is 0 Å². The summed E-state index contributed by atoms with van der Waals surface area (Å²) in [5.74, 6) is -0.236. The summed E-state index contributed by atoms with van der Waals surface area (Å²) in [5, 5.41) is 0. The normalized spacial score (nSPS) is 11.8. The molecule has 0 fully saturated rings. The monoisotopic (exact) mass is 441 g/mol. The summed E-state index contributed by atoms with van der Waals surface area (Å²) in [6.07, 6.45) is 2.07. The highest BCUT2D eigenvalue weighted by Gasteiger charge is 2.20. The van der Waals surface area contributed by atoms with E-state index in [4.69, 9.17) is 0 Å². The third-order valence-corrected chi connectivity index (χ3v) is 7.19. The van der Waals surface area contributed by atoms with Crippen molar-refractivity contribution in [2.24, 2.45) is 0 Å². The number of pyridine rings is 1. The van der Waals surface area contributed by atoms with Crippen LogP contribution in [0.5, 0.6) is 0 Å². The van der Waals surface area contributed by atoms with Gasteiger partial charge in [-0.05, 0) is 38.0 Å². The highest BCUT2D eigenvalue weighted by Crippen LogP contribution is 2.18. The third-order valence-electron chi connectivity index (χ3n) is 5.39. The van der Waals surface area contributed by atoms with Gasteiger partial charge in [-0.1, -0.05) is 30.3 Å². The SMILES string of the molecule is Cc1cc(C(=O)Cn2cc(S(=O)(=O)N(C)C)ccc2=O)c(C)n1CCc1ccccc1. The summed E-state index contributed by atoms with van der Waals surface area (Å²) >= 11 is 0. The lowest BCUT2D eigenvalue weighted by molar-refractivity contribution is 0.0969. The largest absolute Gasteiger partial charge is 0.348 e. The van der Waals surface area contributed by atoms with E-state index in [1.54, 1.807) is 0 Å². The maximum absolute atomic E-state index is 13.0. The van der Waals surface area contributed by atoms with E-state index in [1.807, 2.05) is 38.1 Å². The topological polar surface area (TPSA) is 81.4 Å². The van der Waals surface area contributed by atoms with Crippen molar-refractivity contribution in [2.75, 3.05) is 14.1 Å². The zero-order valence-electron chi connectivity index (χ0n) is 18.2. The van der Waals surface area contributed by atoms with Gasteiger partial charge >= 0.3 is 0 Å². The standard InChI is InChI=1S/C23H27N3O4S/c1-17-14-21(18(2)26(17)13-12-19-8-6-5-7-9-19)22(27)16-25-15-20(10-11-23(25)28)31(29,30)24(3)4/h5-11,14-15H,12-13,16H2,1-4H3. The quantitative estimate of drug-likeness (QED) is 0.503. The van der Waals surface area contributed by atoms with E-state index in [9.17, 15) is 18.0 Å². The first-order chi connectivity index (χ1) is 14.6. The van der Waals surface area contributed by atoms with Crippen molar-refractivity contribution < 1.29 is 13.2 Å². The molecule has 3 aromatic rings. The Morgan fingerprint density at radius 3 is 2.35 bits per heavy atom. The summed E-state index contributed by atoms with van der Waals surface area (Å²) in [5.41, 5.74) is 3.13. The van der Waals surface area contributed by atoms with Crippen molar-refractivity contribution in [3.63, 3.8) is 0 Å². The van der Waals surface area contributed by atoms with Crippen molar-refractivity contribution in [2.45, 2.75) is 38.3 Å². The van der Waals surface area contributed by atoms with Crippen LogP contribution in [0.25, 0.3) is 0 Å². The van der Waals surface area contributed by atoms with Gasteiger partial charge in [-0.2, -0.15) is 0 Å². The van der Waals surface area contributed by atoms with Gasteiger partial charge in [-0.25, -0.2) is 12.7 Å². The minimum absolute atomic E-state index is 0.0294. The van der Waals surface area contributed by atoms with E-state index in [0.29, 0.717) is 5.56 Å². The van der Waals surface area contributed by atoms with Crippen LogP contribution >= 0.6 is 0 Å². The molecule has 0 bridgehead atoms. The van der Waals surface area contributed by atoms with E-state index >= 15 is 0 Å². The number of nitrogens with zero attached hydrogens (tertiary/aromatic N) is 3. The molecule has 0 radical (unpaired) electrons. The first kappa shape index (κ1) is 22.7. The minimum Gasteiger partial charge on any atom is -0.348 e. The first-order valence-corrected chi connectivity index (χ1v) is 11.4. The molecule has 0 unspecified atom stereocenters. The van der Waals surface area contributed by atoms with Gasteiger partial charge in [-0.15, -0.1) is 0 Å². The molecular weight excluding hydrogens is 414 g/mol. The number of aromatic nitrogens is 2. The van der Waals surface area contributed by atoms with Crippen LogP contribution in [0.4, 0.5) is 0 Å². The first-order valence-electron chi connectivity index (χ1n) is 9.98. The van der Waals surface area contributed by atoms with E-state index < -0.39 is 15.6 Å². The second-order valence-corrected chi connectivity index (χ2v) is 9.87. The number of hydrogen-bond acceptors (Lipinski definition) is 4. The number of sulfonamides is 1. The minimum atomic E-state index is -3.70. The highest BCUT2D eigenvalue weighted by molar-refractivity contribution is 7.89. The van der Waals surface area contributed by atoms with Crippen LogP contribution in [-0.4, -0.2) is 41.7 Å². The number of rotatable bonds is 8. The summed E-state index contributed by atoms with van der Waals surface area (Å²) in [7, 11) is -0.869. The maximum Gasteiger partial charge on any atom is 0.251 e. The van der Waals surface area contributed by atoms with Gasteiger partial charge in [0.2, 0.25) is 10.0 Å². The average molecular weight is 442 g/mol. The predicted molar refractivity (Wildman–Crippen MR) is 120 cm³/mol. The Labute approximate surface area is 182 Å². The lowest BCUT2D eigenvalue weighted by atomic mass is 10.1. The molecular formula is C23H27N3O4S. The Kier molecular flexibility index (Phi) is 6.62. The summed E-state index contributed by atoms with van der Waals surface area (Å²) < 4.78 is 29.0. The van der Waals surface area contributed by atoms with Gasteiger partial charge in [0.1, 0.15) is 0 Å². The van der Waals surface area contributed by atoms with E-state index in [0.717, 1.165) is 33.2 Å². The molecule has 1 aromatic carbocycles. The van der Waals surface area contributed by atoms with Crippen molar-refractivity contribution in [1.82, 2.24) is 13.4 Å². The van der Waals surface area contributed by atoms with Crippen LogP contribution in [0.2, 0.25) is 0 Å². The van der Waals surface area contributed by atoms with Crippen molar-refractivity contribution in [3.8, 4) is 0 Å². The fraction of sp³-hybridized carbons (Fsp3) is 0.304. The Morgan fingerprint density at radius 2 is 1.71 bits per heavy atom. The van der Waals surface area contributed by atoms with E-state index in [1.165, 1.54) is 38.0 Å². The van der Waals surface area contributed by atoms with Gasteiger partial charge in [0.15, 0.2) is 5.78 Å². The summed E-state index contributed by atoms with van der Waals surface area (Å²) in [6.45, 7) is 4.36. The summed E-state index contributed by atoms with van der Waals surface area (Å²) in [4.78, 5) is 25.2. The molecule has 7 nitrogen and oxygen atoms in total. The fourth-order valence-electron chi connectivity index (χ4n) is 3.55. The Hall–Kier alpha value is -2.97. The zero-order valence-corrected chi connectivity index (χ0v) is 19.0. The van der Waals surface area contributed by atoms with Gasteiger partial charge in [-0.3, -0.25) is 9.59 Å². The van der Waals surface area contributed by atoms with Gasteiger partial charge in [0.25, 0.3) is 5.56 Å². The number of hydrogen-bond donors (Lipinski definition) is 0. The third kappa shape index (κ3) is 4.86. The Bertz CT molecular complexity index is 1260. The molecule has 0 amide bonds. The maximum atomic E-state index is 13.0. The van der Waals surface area contributed by atoms with Crippen LogP contribution in [0.15, 0.2) is 64.4 Å². The molecule has 0 atom stereocenters. The van der Waals surface area contributed by atoms with Crippen LogP contribution < -0.4 is 5.56 Å². The number of carbonyl (C=O) groups is 1. The van der Waals surface area contributed by atoms with Crippen molar-refractivity contribution in [1.29, 1.82) is 0 Å². The molecule has 0 aliphatic rings. The van der Waals surface area contributed by atoms with Crippen molar-refractivity contribution in [3.05, 3.63) is 87.6 Å². The number of carbonyl (C=O) groups excluding carboxylic acids is 1. The number of aryl methyl sites for hydroxylation is 2. The molecule has 2 aromatic heterocycles. The number of Topliss-reactive ketones (excluding diaryl/α,β-unsaturated/α-hetero) is 1. The molecule has 0 aliphatic heterocycles. The lowest BCUT2D eigenvalue weighted by Gasteiger charge is -2.13. The molecule has 0 spiro atoms. The van der Waals surface area contributed by atoms with Gasteiger partial charge in [0.05, 0.1) is 11.4 Å². The fourth-order valence-corrected chi connectivity index (χ4v) is 4.47. The molecule has 2 heterocycles. The average Bonchev–Trinajstić information content (AvgIpc) is 3.02. The predicted octanol–water partition coefficient (Wildman–Crippen LogP) is 2.64. The summed E-state index contributed by atoms with van der Waals surface area (Å²) in [6, 6.07) is 14.4. The molecule has 0 aliphatic carbocycles. The molecule has 164 valence electrons. The molecule has 0 saturated carbocycles. The number of ketones is 1. The second kappa shape index (κ2) is 9.03. The van der Waals surface area contributed by atoms with Gasteiger partial charge < -0.3 is 9.13 Å². The lowest BCUT2D eigenvalue weighted by Crippen LogP contribution is -2.27. The molecule has 31 heavy (non-hydrogen) atoms. The van der Waals surface area contributed by atoms with E-state index in [-0.39, 0.29) is 17.2 Å². The van der Waals surface area contributed by atoms with E-state index in [2.05, 4.69) is 16.7 Å². The Balaban J connectivity index is 1.84.